The van der Waals surface area contributed by atoms with Gasteiger partial charge in [0, 0.05) is 31.1 Å². The molecule has 194 valence electrons. The molecule has 1 aromatic heterocycles. The van der Waals surface area contributed by atoms with Crippen LogP contribution in [0.5, 0.6) is 5.75 Å². The maximum absolute atomic E-state index is 14.9. The molecule has 0 saturated carbocycles. The summed E-state index contributed by atoms with van der Waals surface area (Å²) in [4.78, 5) is 24.6. The normalized spacial score (nSPS) is 15.5. The Morgan fingerprint density at radius 1 is 1.00 bits per heavy atom. The Morgan fingerprint density at radius 3 is 2.51 bits per heavy atom. The van der Waals surface area contributed by atoms with Gasteiger partial charge in [-0.2, -0.15) is 0 Å². The summed E-state index contributed by atoms with van der Waals surface area (Å²) in [5, 5.41) is 0. The molecule has 0 atom stereocenters. The van der Waals surface area contributed by atoms with Crippen LogP contribution in [0.3, 0.4) is 0 Å². The third-order valence-corrected chi connectivity index (χ3v) is 6.53. The van der Waals surface area contributed by atoms with Gasteiger partial charge in [0.15, 0.2) is 17.4 Å². The maximum Gasteiger partial charge on any atom is 0.256 e. The molecule has 0 unspecified atom stereocenters. The Kier molecular flexibility index (Phi) is 7.01. The molecular weight excluding hydrogens is 485 g/mol. The molecule has 0 aliphatic carbocycles. The van der Waals surface area contributed by atoms with E-state index in [1.807, 2.05) is 18.7 Å². The number of hydrogen-bond donors (Lipinski definition) is 0. The van der Waals surface area contributed by atoms with Gasteiger partial charge < -0.3 is 19.3 Å². The molecule has 3 aromatic rings. The number of nitrogens with zero attached hydrogens (tertiary/aromatic N) is 4. The molecule has 2 aliphatic heterocycles. The van der Waals surface area contributed by atoms with Crippen LogP contribution in [0.4, 0.5) is 18.9 Å². The maximum atomic E-state index is 14.9. The van der Waals surface area contributed by atoms with Crippen LogP contribution in [-0.4, -0.2) is 66.3 Å². The van der Waals surface area contributed by atoms with E-state index in [1.54, 1.807) is 17.0 Å². The van der Waals surface area contributed by atoms with E-state index < -0.39 is 17.5 Å². The first-order chi connectivity index (χ1) is 17.8. The number of amides is 1. The number of anilines is 1. The van der Waals surface area contributed by atoms with Gasteiger partial charge in [-0.25, -0.2) is 23.1 Å². The number of fused-ring (bicyclic) bond motifs is 1. The molecule has 2 aromatic carbocycles. The van der Waals surface area contributed by atoms with E-state index in [4.69, 9.17) is 9.47 Å². The van der Waals surface area contributed by atoms with Crippen LogP contribution in [0.25, 0.3) is 11.3 Å². The summed E-state index contributed by atoms with van der Waals surface area (Å²) < 4.78 is 55.3. The lowest BCUT2D eigenvalue weighted by Crippen LogP contribution is -2.41. The number of rotatable bonds is 5. The van der Waals surface area contributed by atoms with Gasteiger partial charge in [0.05, 0.1) is 37.2 Å². The average Bonchev–Trinajstić information content (AvgIpc) is 2.89. The number of hydrogen-bond acceptors (Lipinski definition) is 6. The first-order valence-corrected chi connectivity index (χ1v) is 12.2. The van der Waals surface area contributed by atoms with Crippen LogP contribution in [0, 0.1) is 17.5 Å². The lowest BCUT2D eigenvalue weighted by Gasteiger charge is -2.34. The lowest BCUT2D eigenvalue weighted by atomic mass is 10.1. The van der Waals surface area contributed by atoms with Crippen molar-refractivity contribution in [3.05, 3.63) is 70.9 Å². The zero-order chi connectivity index (χ0) is 26.1. The molecule has 1 amide bonds. The van der Waals surface area contributed by atoms with E-state index in [-0.39, 0.29) is 46.8 Å². The summed E-state index contributed by atoms with van der Waals surface area (Å²) >= 11 is 0. The van der Waals surface area contributed by atoms with E-state index in [2.05, 4.69) is 9.97 Å². The van der Waals surface area contributed by atoms with Gasteiger partial charge in [0.1, 0.15) is 23.9 Å². The molecule has 7 nitrogen and oxygen atoms in total. The molecule has 1 saturated heterocycles. The lowest BCUT2D eigenvalue weighted by molar-refractivity contribution is 0.0300. The van der Waals surface area contributed by atoms with Gasteiger partial charge in [-0.1, -0.05) is 6.07 Å². The van der Waals surface area contributed by atoms with Gasteiger partial charge in [-0.15, -0.1) is 0 Å². The highest BCUT2D eigenvalue weighted by Crippen LogP contribution is 2.39. The highest BCUT2D eigenvalue weighted by molar-refractivity contribution is 5.94. The Hall–Kier alpha value is -3.66. The highest BCUT2D eigenvalue weighted by Gasteiger charge is 2.26. The standard InChI is InChI=1S/C27H27F3N4O3/c1-16(2)34-7-10-37-26-21(29)13-18(14-23(26)34)25-22(30)15-31-24(32-25)12-17-3-4-19(20(28)11-17)27(35)33-5-8-36-9-6-33/h3-4,11,13-16H,5-10,12H2,1-2H3. The van der Waals surface area contributed by atoms with E-state index in [0.717, 1.165) is 6.20 Å². The summed E-state index contributed by atoms with van der Waals surface area (Å²) in [7, 11) is 0. The van der Waals surface area contributed by atoms with Gasteiger partial charge in [0.25, 0.3) is 5.91 Å². The van der Waals surface area contributed by atoms with Gasteiger partial charge in [0.2, 0.25) is 0 Å². The number of morpholine rings is 1. The van der Waals surface area contributed by atoms with Crippen molar-refractivity contribution in [1.82, 2.24) is 14.9 Å². The van der Waals surface area contributed by atoms with Crippen molar-refractivity contribution in [2.45, 2.75) is 26.3 Å². The van der Waals surface area contributed by atoms with Crippen LogP contribution in [-0.2, 0) is 11.2 Å². The van der Waals surface area contributed by atoms with Crippen molar-refractivity contribution in [2.75, 3.05) is 44.4 Å². The number of aromatic nitrogens is 2. The highest BCUT2D eigenvalue weighted by atomic mass is 19.1. The molecule has 1 fully saturated rings. The van der Waals surface area contributed by atoms with Gasteiger partial charge >= 0.3 is 0 Å². The Balaban J connectivity index is 1.41. The van der Waals surface area contributed by atoms with Crippen molar-refractivity contribution in [1.29, 1.82) is 0 Å². The number of carbonyl (C=O) groups excluding carboxylic acids is 1. The average molecular weight is 513 g/mol. The second-order valence-electron chi connectivity index (χ2n) is 9.32. The zero-order valence-electron chi connectivity index (χ0n) is 20.6. The van der Waals surface area contributed by atoms with E-state index >= 15 is 0 Å². The predicted molar refractivity (Wildman–Crippen MR) is 131 cm³/mol. The van der Waals surface area contributed by atoms with Crippen LogP contribution in [0.1, 0.15) is 35.6 Å². The fourth-order valence-electron chi connectivity index (χ4n) is 4.63. The number of carbonyl (C=O) groups is 1. The van der Waals surface area contributed by atoms with E-state index in [0.29, 0.717) is 50.7 Å². The Morgan fingerprint density at radius 2 is 1.78 bits per heavy atom. The fraction of sp³-hybridized carbons (Fsp3) is 0.370. The van der Waals surface area contributed by atoms with Crippen LogP contribution in [0.15, 0.2) is 36.5 Å². The summed E-state index contributed by atoms with van der Waals surface area (Å²) in [6.45, 7) is 6.59. The molecule has 37 heavy (non-hydrogen) atoms. The van der Waals surface area contributed by atoms with Crippen LogP contribution >= 0.6 is 0 Å². The summed E-state index contributed by atoms with van der Waals surface area (Å²) in [6.07, 6.45) is 1.13. The minimum atomic E-state index is -0.700. The van der Waals surface area contributed by atoms with Gasteiger partial charge in [-0.3, -0.25) is 4.79 Å². The molecule has 0 bridgehead atoms. The Labute approximate surface area is 212 Å². The first-order valence-electron chi connectivity index (χ1n) is 12.2. The molecule has 5 rings (SSSR count). The van der Waals surface area contributed by atoms with E-state index in [1.165, 1.54) is 18.2 Å². The molecule has 2 aliphatic rings. The van der Waals surface area contributed by atoms with Crippen molar-refractivity contribution < 1.29 is 27.4 Å². The van der Waals surface area contributed by atoms with Crippen LogP contribution in [0.2, 0.25) is 0 Å². The Bertz CT molecular complexity index is 1330. The SMILES string of the molecule is CC(C)N1CCOc2c(F)cc(-c3nc(Cc4ccc(C(=O)N5CCOCC5)c(F)c4)ncc3F)cc21. The fourth-order valence-corrected chi connectivity index (χ4v) is 4.63. The van der Waals surface area contributed by atoms with Crippen molar-refractivity contribution >= 4 is 11.6 Å². The third-order valence-electron chi connectivity index (χ3n) is 6.53. The second-order valence-corrected chi connectivity index (χ2v) is 9.32. The molecule has 3 heterocycles. The number of benzene rings is 2. The second kappa shape index (κ2) is 10.4. The summed E-state index contributed by atoms with van der Waals surface area (Å²) in [5.41, 5.74) is 1.24. The van der Waals surface area contributed by atoms with Crippen molar-refractivity contribution in [3.8, 4) is 17.0 Å². The summed E-state index contributed by atoms with van der Waals surface area (Å²) in [5.74, 6) is -1.96. The molecule has 10 heteroatoms. The molecular formula is C27H27F3N4O3. The largest absolute Gasteiger partial charge is 0.486 e. The zero-order valence-corrected chi connectivity index (χ0v) is 20.6. The number of ether oxygens (including phenoxy) is 2. The molecule has 0 radical (unpaired) electrons. The quantitative estimate of drug-likeness (QED) is 0.510. The third kappa shape index (κ3) is 5.11. The van der Waals surface area contributed by atoms with Crippen molar-refractivity contribution in [2.24, 2.45) is 0 Å². The topological polar surface area (TPSA) is 67.8 Å². The summed E-state index contributed by atoms with van der Waals surface area (Å²) in [6, 6.07) is 7.28. The van der Waals surface area contributed by atoms with Crippen LogP contribution < -0.4 is 9.64 Å². The first kappa shape index (κ1) is 25.0. The molecule has 0 N–H and O–H groups in total. The monoisotopic (exact) mass is 512 g/mol. The van der Waals surface area contributed by atoms with Crippen molar-refractivity contribution in [3.63, 3.8) is 0 Å². The van der Waals surface area contributed by atoms with E-state index in [9.17, 15) is 18.0 Å². The predicted octanol–water partition coefficient (Wildman–Crippen LogP) is 4.23. The minimum absolute atomic E-state index is 0.0205. The van der Waals surface area contributed by atoms with Gasteiger partial charge in [-0.05, 0) is 43.7 Å². The minimum Gasteiger partial charge on any atom is -0.486 e. The smallest absolute Gasteiger partial charge is 0.256 e. The molecule has 0 spiro atoms. The number of halogens is 3.